The van der Waals surface area contributed by atoms with Crippen LogP contribution < -0.4 is 4.74 Å². The van der Waals surface area contributed by atoms with Crippen molar-refractivity contribution in [2.45, 2.75) is 64.7 Å². The van der Waals surface area contributed by atoms with E-state index in [4.69, 9.17) is 4.74 Å². The number of hydrogen-bond donors (Lipinski definition) is 0. The topological polar surface area (TPSA) is 9.23 Å². The van der Waals surface area contributed by atoms with Gasteiger partial charge in [-0.05, 0) is 47.9 Å². The fourth-order valence-electron chi connectivity index (χ4n) is 4.54. The molecule has 0 bridgehead atoms. The van der Waals surface area contributed by atoms with E-state index in [0.29, 0.717) is 5.56 Å². The molecule has 0 spiro atoms. The lowest BCUT2D eigenvalue weighted by Gasteiger charge is -2.28. The Morgan fingerprint density at radius 3 is 2.23 bits per heavy atom. The summed E-state index contributed by atoms with van der Waals surface area (Å²) in [4.78, 5) is 0. The largest absolute Gasteiger partial charge is 0.486 e. The van der Waals surface area contributed by atoms with Crippen molar-refractivity contribution in [3.8, 4) is 16.9 Å². The molecule has 30 heavy (non-hydrogen) atoms. The highest BCUT2D eigenvalue weighted by Gasteiger charge is 2.20. The SMILES string of the molecule is C=CCOc1ccc(-c2ccc(CCC3CCC(CCCC)CC3)cc2)c(F)c1F. The van der Waals surface area contributed by atoms with Gasteiger partial charge in [0.2, 0.25) is 5.82 Å². The molecule has 0 aliphatic heterocycles. The summed E-state index contributed by atoms with van der Waals surface area (Å²) in [6.07, 6.45) is 13.4. The first-order valence-electron chi connectivity index (χ1n) is 11.4. The number of unbranched alkanes of at least 4 members (excludes halogenated alkanes) is 1. The average molecular weight is 413 g/mol. The van der Waals surface area contributed by atoms with E-state index in [-0.39, 0.29) is 17.9 Å². The minimum atomic E-state index is -0.951. The van der Waals surface area contributed by atoms with Gasteiger partial charge in [0.25, 0.3) is 0 Å². The van der Waals surface area contributed by atoms with E-state index in [1.807, 2.05) is 24.3 Å². The van der Waals surface area contributed by atoms with Gasteiger partial charge in [0.05, 0.1) is 0 Å². The fourth-order valence-corrected chi connectivity index (χ4v) is 4.54. The second kappa shape index (κ2) is 11.3. The van der Waals surface area contributed by atoms with Gasteiger partial charge in [-0.2, -0.15) is 4.39 Å². The summed E-state index contributed by atoms with van der Waals surface area (Å²) in [7, 11) is 0. The molecule has 0 unspecified atom stereocenters. The van der Waals surface area contributed by atoms with Crippen LogP contribution in [-0.4, -0.2) is 6.61 Å². The van der Waals surface area contributed by atoms with Crippen molar-refractivity contribution in [1.82, 2.24) is 0 Å². The normalized spacial score (nSPS) is 18.9. The van der Waals surface area contributed by atoms with Gasteiger partial charge in [0.15, 0.2) is 11.6 Å². The summed E-state index contributed by atoms with van der Waals surface area (Å²) >= 11 is 0. The lowest BCUT2D eigenvalue weighted by atomic mass is 9.78. The van der Waals surface area contributed by atoms with Gasteiger partial charge in [-0.15, -0.1) is 0 Å². The van der Waals surface area contributed by atoms with Crippen LogP contribution in [0.5, 0.6) is 5.75 Å². The van der Waals surface area contributed by atoms with Crippen LogP contribution in [0.2, 0.25) is 0 Å². The number of hydrogen-bond acceptors (Lipinski definition) is 1. The van der Waals surface area contributed by atoms with E-state index >= 15 is 0 Å². The standard InChI is InChI=1S/C27H34F2O/c1-3-5-6-20-7-9-21(10-8-20)11-12-22-13-15-23(16-14-22)24-17-18-25(30-19-4-2)27(29)26(24)28/h4,13-18,20-21H,2-3,5-12,19H2,1H3. The Labute approximate surface area is 180 Å². The molecule has 162 valence electrons. The molecular formula is C27H34F2O. The number of aryl methyl sites for hydroxylation is 1. The van der Waals surface area contributed by atoms with Crippen LogP contribution in [-0.2, 0) is 6.42 Å². The summed E-state index contributed by atoms with van der Waals surface area (Å²) in [5.74, 6) is -0.129. The maximum atomic E-state index is 14.5. The predicted molar refractivity (Wildman–Crippen MR) is 121 cm³/mol. The van der Waals surface area contributed by atoms with Crippen molar-refractivity contribution in [3.63, 3.8) is 0 Å². The van der Waals surface area contributed by atoms with Crippen LogP contribution in [0, 0.1) is 23.5 Å². The quantitative estimate of drug-likeness (QED) is 0.358. The molecule has 2 aromatic rings. The fraction of sp³-hybridized carbons (Fsp3) is 0.481. The third-order valence-corrected chi connectivity index (χ3v) is 6.44. The lowest BCUT2D eigenvalue weighted by Crippen LogP contribution is -2.15. The Kier molecular flexibility index (Phi) is 8.48. The average Bonchev–Trinajstić information content (AvgIpc) is 2.78. The molecule has 0 radical (unpaired) electrons. The molecule has 0 saturated heterocycles. The molecule has 1 saturated carbocycles. The van der Waals surface area contributed by atoms with Gasteiger partial charge >= 0.3 is 0 Å². The molecular weight excluding hydrogens is 378 g/mol. The van der Waals surface area contributed by atoms with Crippen molar-refractivity contribution in [3.05, 3.63) is 66.3 Å². The van der Waals surface area contributed by atoms with Gasteiger partial charge in [-0.25, -0.2) is 4.39 Å². The molecule has 1 nitrogen and oxygen atoms in total. The molecule has 1 aliphatic carbocycles. The molecule has 0 aromatic heterocycles. The Bertz CT molecular complexity index is 804. The van der Waals surface area contributed by atoms with Crippen molar-refractivity contribution in [2.75, 3.05) is 6.61 Å². The first-order chi connectivity index (χ1) is 14.6. The zero-order valence-electron chi connectivity index (χ0n) is 18.1. The number of ether oxygens (including phenoxy) is 1. The molecule has 3 rings (SSSR count). The molecule has 0 amide bonds. The monoisotopic (exact) mass is 412 g/mol. The molecule has 1 fully saturated rings. The van der Waals surface area contributed by atoms with Crippen molar-refractivity contribution < 1.29 is 13.5 Å². The molecule has 0 atom stereocenters. The summed E-state index contributed by atoms with van der Waals surface area (Å²) in [5.41, 5.74) is 2.20. The van der Waals surface area contributed by atoms with E-state index in [1.54, 1.807) is 6.07 Å². The van der Waals surface area contributed by atoms with Crippen LogP contribution in [0.15, 0.2) is 49.1 Å². The molecule has 2 aromatic carbocycles. The van der Waals surface area contributed by atoms with Crippen LogP contribution in [0.25, 0.3) is 11.1 Å². The van der Waals surface area contributed by atoms with E-state index < -0.39 is 11.6 Å². The highest BCUT2D eigenvalue weighted by Crippen LogP contribution is 2.34. The zero-order chi connectivity index (χ0) is 21.3. The van der Waals surface area contributed by atoms with Gasteiger partial charge in [-0.3, -0.25) is 0 Å². The Balaban J connectivity index is 1.54. The first kappa shape index (κ1) is 22.5. The highest BCUT2D eigenvalue weighted by molar-refractivity contribution is 5.65. The van der Waals surface area contributed by atoms with Crippen LogP contribution >= 0.6 is 0 Å². The van der Waals surface area contributed by atoms with Gasteiger partial charge in [0.1, 0.15) is 6.61 Å². The van der Waals surface area contributed by atoms with E-state index in [9.17, 15) is 8.78 Å². The second-order valence-electron chi connectivity index (χ2n) is 8.60. The summed E-state index contributed by atoms with van der Waals surface area (Å²) in [5, 5.41) is 0. The molecule has 3 heteroatoms. The van der Waals surface area contributed by atoms with Crippen LogP contribution in [0.4, 0.5) is 8.78 Å². The van der Waals surface area contributed by atoms with E-state index in [2.05, 4.69) is 13.5 Å². The Morgan fingerprint density at radius 1 is 0.933 bits per heavy atom. The number of benzene rings is 2. The zero-order valence-corrected chi connectivity index (χ0v) is 18.1. The van der Waals surface area contributed by atoms with Crippen molar-refractivity contribution >= 4 is 0 Å². The Morgan fingerprint density at radius 2 is 1.60 bits per heavy atom. The van der Waals surface area contributed by atoms with Gasteiger partial charge in [0, 0.05) is 5.56 Å². The van der Waals surface area contributed by atoms with Gasteiger partial charge in [-0.1, -0.05) is 88.8 Å². The second-order valence-corrected chi connectivity index (χ2v) is 8.60. The maximum Gasteiger partial charge on any atom is 0.201 e. The third kappa shape index (κ3) is 5.93. The van der Waals surface area contributed by atoms with E-state index in [0.717, 1.165) is 18.3 Å². The molecule has 0 N–H and O–H groups in total. The van der Waals surface area contributed by atoms with Crippen LogP contribution in [0.1, 0.15) is 63.9 Å². The third-order valence-electron chi connectivity index (χ3n) is 6.44. The number of rotatable bonds is 10. The predicted octanol–water partition coefficient (Wildman–Crippen LogP) is 8.13. The number of halogens is 2. The molecule has 0 heterocycles. The first-order valence-corrected chi connectivity index (χ1v) is 11.4. The highest BCUT2D eigenvalue weighted by atomic mass is 19.2. The Hall–Kier alpha value is -2.16. The molecule has 1 aliphatic rings. The lowest BCUT2D eigenvalue weighted by molar-refractivity contribution is 0.250. The smallest absolute Gasteiger partial charge is 0.201 e. The summed E-state index contributed by atoms with van der Waals surface area (Å²) in [6.45, 7) is 5.94. The minimum Gasteiger partial charge on any atom is -0.486 e. The van der Waals surface area contributed by atoms with Gasteiger partial charge < -0.3 is 4.74 Å². The minimum absolute atomic E-state index is 0.0859. The maximum absolute atomic E-state index is 14.5. The summed E-state index contributed by atoms with van der Waals surface area (Å²) in [6, 6.07) is 10.9. The van der Waals surface area contributed by atoms with Crippen LogP contribution in [0.3, 0.4) is 0 Å². The van der Waals surface area contributed by atoms with Crippen molar-refractivity contribution in [1.29, 1.82) is 0 Å². The van der Waals surface area contributed by atoms with E-state index in [1.165, 1.54) is 69.1 Å². The van der Waals surface area contributed by atoms with Crippen molar-refractivity contribution in [2.24, 2.45) is 11.8 Å². The summed E-state index contributed by atoms with van der Waals surface area (Å²) < 4.78 is 33.9.